The molecule has 1 aromatic heterocycles. The summed E-state index contributed by atoms with van der Waals surface area (Å²) in [4.78, 5) is 16.9. The average molecular weight is 282 g/mol. The summed E-state index contributed by atoms with van der Waals surface area (Å²) in [7, 11) is 0. The normalized spacial score (nSPS) is 13.9. The van der Waals surface area contributed by atoms with E-state index in [1.165, 1.54) is 12.3 Å². The van der Waals surface area contributed by atoms with E-state index < -0.39 is 0 Å². The predicted octanol–water partition coefficient (Wildman–Crippen LogP) is 3.03. The summed E-state index contributed by atoms with van der Waals surface area (Å²) in [5.41, 5.74) is 1.02. The highest BCUT2D eigenvalue weighted by atomic mass is 16.6. The van der Waals surface area contributed by atoms with Crippen LogP contribution in [0.2, 0.25) is 0 Å². The molecule has 1 fully saturated rings. The van der Waals surface area contributed by atoms with Crippen molar-refractivity contribution in [3.8, 4) is 6.07 Å². The van der Waals surface area contributed by atoms with Gasteiger partial charge in [0.2, 0.25) is 0 Å². The second kappa shape index (κ2) is 5.37. The molecule has 1 aromatic carbocycles. The number of rotatable bonds is 5. The maximum atomic E-state index is 11.1. The van der Waals surface area contributed by atoms with Gasteiger partial charge in [0.25, 0.3) is 5.69 Å². The summed E-state index contributed by atoms with van der Waals surface area (Å²) in [5.74, 6) is 0. The van der Waals surface area contributed by atoms with Gasteiger partial charge >= 0.3 is 0 Å². The average Bonchev–Trinajstić information content (AvgIpc) is 3.32. The van der Waals surface area contributed by atoms with Crippen LogP contribution >= 0.6 is 0 Å². The molecule has 106 valence electrons. The number of aromatic nitrogens is 1. The first-order chi connectivity index (χ1) is 10.2. The van der Waals surface area contributed by atoms with Crippen LogP contribution in [0.5, 0.6) is 0 Å². The van der Waals surface area contributed by atoms with Crippen molar-refractivity contribution in [3.05, 3.63) is 40.7 Å². The quantitative estimate of drug-likeness (QED) is 0.621. The van der Waals surface area contributed by atoms with Crippen LogP contribution in [0.25, 0.3) is 10.8 Å². The highest BCUT2D eigenvalue weighted by Crippen LogP contribution is 2.38. The maximum Gasteiger partial charge on any atom is 0.278 e. The zero-order chi connectivity index (χ0) is 14.8. The van der Waals surface area contributed by atoms with Gasteiger partial charge in [0, 0.05) is 42.1 Å². The number of nitriles is 1. The van der Waals surface area contributed by atoms with Gasteiger partial charge in [-0.05, 0) is 25.0 Å². The fourth-order valence-electron chi connectivity index (χ4n) is 2.63. The first-order valence-corrected chi connectivity index (χ1v) is 6.87. The number of nitro benzene ring substituents is 1. The van der Waals surface area contributed by atoms with Crippen LogP contribution in [0.15, 0.2) is 30.6 Å². The molecule has 1 aliphatic rings. The molecule has 1 aliphatic carbocycles. The third-order valence-corrected chi connectivity index (χ3v) is 3.73. The molecule has 21 heavy (non-hydrogen) atoms. The van der Waals surface area contributed by atoms with Gasteiger partial charge in [-0.2, -0.15) is 5.26 Å². The molecule has 0 N–H and O–H groups in total. The number of fused-ring (bicyclic) bond motifs is 1. The van der Waals surface area contributed by atoms with Gasteiger partial charge < -0.3 is 4.90 Å². The van der Waals surface area contributed by atoms with E-state index in [4.69, 9.17) is 5.26 Å². The lowest BCUT2D eigenvalue weighted by molar-refractivity contribution is -0.383. The second-order valence-corrected chi connectivity index (χ2v) is 5.11. The minimum Gasteiger partial charge on any atom is -0.367 e. The molecule has 6 nitrogen and oxygen atoms in total. The lowest BCUT2D eigenvalue weighted by atomic mass is 10.1. The van der Waals surface area contributed by atoms with Crippen LogP contribution < -0.4 is 4.90 Å². The monoisotopic (exact) mass is 282 g/mol. The molecule has 0 radical (unpaired) electrons. The topological polar surface area (TPSA) is 83.1 Å². The zero-order valence-corrected chi connectivity index (χ0v) is 11.4. The molecule has 3 rings (SSSR count). The number of benzene rings is 1. The molecule has 1 heterocycles. The smallest absolute Gasteiger partial charge is 0.278 e. The zero-order valence-electron chi connectivity index (χ0n) is 11.4. The van der Waals surface area contributed by atoms with Crippen molar-refractivity contribution in [3.63, 3.8) is 0 Å². The number of pyridine rings is 1. The van der Waals surface area contributed by atoms with E-state index in [2.05, 4.69) is 16.0 Å². The molecule has 0 saturated heterocycles. The number of non-ortho nitro benzene ring substituents is 1. The largest absolute Gasteiger partial charge is 0.367 e. The second-order valence-electron chi connectivity index (χ2n) is 5.11. The first-order valence-electron chi connectivity index (χ1n) is 6.87. The first kappa shape index (κ1) is 13.3. The van der Waals surface area contributed by atoms with Crippen molar-refractivity contribution >= 4 is 22.1 Å². The highest BCUT2D eigenvalue weighted by molar-refractivity contribution is 5.99. The fourth-order valence-corrected chi connectivity index (χ4v) is 2.63. The molecular formula is C15H14N4O2. The summed E-state index contributed by atoms with van der Waals surface area (Å²) in [6.07, 6.45) is 5.83. The molecule has 1 saturated carbocycles. The van der Waals surface area contributed by atoms with Crippen LogP contribution in [0.1, 0.15) is 19.3 Å². The van der Waals surface area contributed by atoms with Crippen LogP contribution in [0.3, 0.4) is 0 Å². The van der Waals surface area contributed by atoms with Crippen molar-refractivity contribution in [1.82, 2.24) is 4.98 Å². The van der Waals surface area contributed by atoms with Crippen molar-refractivity contribution in [2.75, 3.05) is 11.4 Å². The Morgan fingerprint density at radius 2 is 2.19 bits per heavy atom. The van der Waals surface area contributed by atoms with E-state index in [0.717, 1.165) is 23.9 Å². The molecule has 0 atom stereocenters. The van der Waals surface area contributed by atoms with Crippen LogP contribution in [-0.4, -0.2) is 22.5 Å². The Kier molecular flexibility index (Phi) is 3.40. The lowest BCUT2D eigenvalue weighted by Crippen LogP contribution is -2.26. The Morgan fingerprint density at radius 3 is 2.86 bits per heavy atom. The molecule has 0 aliphatic heterocycles. The predicted molar refractivity (Wildman–Crippen MR) is 79.0 cm³/mol. The molecule has 0 amide bonds. The van der Waals surface area contributed by atoms with Gasteiger partial charge in [0.05, 0.1) is 22.8 Å². The van der Waals surface area contributed by atoms with Crippen molar-refractivity contribution < 1.29 is 4.92 Å². The van der Waals surface area contributed by atoms with Gasteiger partial charge in [0.1, 0.15) is 0 Å². The molecule has 0 spiro atoms. The number of nitro groups is 1. The Morgan fingerprint density at radius 1 is 1.38 bits per heavy atom. The molecule has 6 heteroatoms. The summed E-state index contributed by atoms with van der Waals surface area (Å²) >= 11 is 0. The van der Waals surface area contributed by atoms with Gasteiger partial charge in [-0.1, -0.05) is 0 Å². The number of hydrogen-bond donors (Lipinski definition) is 0. The van der Waals surface area contributed by atoms with Crippen molar-refractivity contribution in [1.29, 1.82) is 5.26 Å². The van der Waals surface area contributed by atoms with Crippen LogP contribution in [0, 0.1) is 21.4 Å². The van der Waals surface area contributed by atoms with E-state index in [-0.39, 0.29) is 10.6 Å². The van der Waals surface area contributed by atoms with Gasteiger partial charge in [-0.15, -0.1) is 0 Å². The third-order valence-electron chi connectivity index (χ3n) is 3.73. The van der Waals surface area contributed by atoms with E-state index in [1.54, 1.807) is 18.3 Å². The Bertz CT molecular complexity index is 734. The van der Waals surface area contributed by atoms with E-state index in [1.807, 2.05) is 0 Å². The highest BCUT2D eigenvalue weighted by Gasteiger charge is 2.30. The lowest BCUT2D eigenvalue weighted by Gasteiger charge is -2.25. The van der Waals surface area contributed by atoms with Gasteiger partial charge in [-0.3, -0.25) is 15.1 Å². The number of nitrogens with zero attached hydrogens (tertiary/aromatic N) is 4. The molecule has 2 aromatic rings. The summed E-state index contributed by atoms with van der Waals surface area (Å²) < 4.78 is 0. The van der Waals surface area contributed by atoms with E-state index in [9.17, 15) is 10.1 Å². The minimum absolute atomic E-state index is 0.0675. The van der Waals surface area contributed by atoms with Crippen LogP contribution in [0.4, 0.5) is 11.4 Å². The number of anilines is 1. The van der Waals surface area contributed by atoms with Gasteiger partial charge in [0.15, 0.2) is 0 Å². The Balaban J connectivity index is 2.12. The van der Waals surface area contributed by atoms with E-state index in [0.29, 0.717) is 24.4 Å². The fraction of sp³-hybridized carbons (Fsp3) is 0.333. The van der Waals surface area contributed by atoms with Crippen molar-refractivity contribution in [2.45, 2.75) is 25.3 Å². The molecular weight excluding hydrogens is 268 g/mol. The maximum absolute atomic E-state index is 11.1. The molecule has 0 bridgehead atoms. The van der Waals surface area contributed by atoms with E-state index >= 15 is 0 Å². The minimum atomic E-state index is -0.384. The SMILES string of the molecule is N#CCCN(c1ccc([N+](=O)[O-])c2cnccc12)C1CC1. The summed E-state index contributed by atoms with van der Waals surface area (Å²) in [6.45, 7) is 0.649. The summed E-state index contributed by atoms with van der Waals surface area (Å²) in [5, 5.41) is 21.3. The standard InChI is InChI=1S/C15H14N4O2/c16-7-1-9-18(11-2-3-11)14-4-5-15(19(20)21)13-10-17-8-6-12(13)14/h4-6,8,10-11H,1-3,9H2. The summed E-state index contributed by atoms with van der Waals surface area (Å²) in [6, 6.07) is 7.73. The third kappa shape index (κ3) is 2.50. The molecule has 0 unspecified atom stereocenters. The Hall–Kier alpha value is -2.68. The Labute approximate surface area is 121 Å². The van der Waals surface area contributed by atoms with Crippen molar-refractivity contribution in [2.24, 2.45) is 0 Å². The van der Waals surface area contributed by atoms with Crippen LogP contribution in [-0.2, 0) is 0 Å². The van der Waals surface area contributed by atoms with Gasteiger partial charge in [-0.25, -0.2) is 0 Å². The number of hydrogen-bond acceptors (Lipinski definition) is 5.